The normalized spacial score (nSPS) is 11.1. The Morgan fingerprint density at radius 1 is 0.875 bits per heavy atom. The number of ether oxygens (including phenoxy) is 1. The van der Waals surface area contributed by atoms with Crippen LogP contribution >= 0.6 is 11.3 Å². The van der Waals surface area contributed by atoms with E-state index in [0.29, 0.717) is 13.0 Å². The Balaban J connectivity index is 1.37. The molecular formula is C33H39N3O3S. The number of aromatic nitrogens is 1. The fraction of sp³-hybridized carbons (Fsp3) is 0.333. The zero-order valence-electron chi connectivity index (χ0n) is 23.5. The van der Waals surface area contributed by atoms with Gasteiger partial charge < -0.3 is 19.6 Å². The van der Waals surface area contributed by atoms with E-state index in [9.17, 15) is 4.79 Å². The average molecular weight is 558 g/mol. The number of hydrogen-bond acceptors (Lipinski definition) is 6. The first-order chi connectivity index (χ1) is 19.5. The summed E-state index contributed by atoms with van der Waals surface area (Å²) < 4.78 is 5.96. The maximum absolute atomic E-state index is 10.8. The Bertz CT molecular complexity index is 1300. The molecular weight excluding hydrogens is 518 g/mol. The molecule has 0 aliphatic rings. The summed E-state index contributed by atoms with van der Waals surface area (Å²) in [4.78, 5) is 20.6. The van der Waals surface area contributed by atoms with Crippen molar-refractivity contribution in [2.24, 2.45) is 0 Å². The third-order valence-corrected chi connectivity index (χ3v) is 7.88. The molecule has 0 radical (unpaired) electrons. The van der Waals surface area contributed by atoms with E-state index in [4.69, 9.17) is 14.8 Å². The molecule has 4 aromatic rings. The maximum Gasteiger partial charge on any atom is 0.303 e. The number of thiazole rings is 1. The minimum atomic E-state index is -0.782. The third-order valence-electron chi connectivity index (χ3n) is 6.98. The van der Waals surface area contributed by atoms with E-state index in [-0.39, 0.29) is 6.42 Å². The van der Waals surface area contributed by atoms with Crippen LogP contribution in [0.3, 0.4) is 0 Å². The molecule has 210 valence electrons. The number of rotatable bonds is 16. The molecule has 0 fully saturated rings. The summed E-state index contributed by atoms with van der Waals surface area (Å²) in [5, 5.41) is 12.1. The van der Waals surface area contributed by atoms with Gasteiger partial charge in [0.05, 0.1) is 5.69 Å². The number of carbonyl (C=O) groups is 1. The highest BCUT2D eigenvalue weighted by molar-refractivity contribution is 7.14. The lowest BCUT2D eigenvalue weighted by Crippen LogP contribution is -2.29. The third kappa shape index (κ3) is 8.93. The number of aryl methyl sites for hydroxylation is 1. The standard InChI is InChI=1S/C33H39N3O3S/c1-3-35(4-2)21-8-22-36(33-34-31(25-40-33)29-9-6-5-7-10-29)23-27-11-13-28(14-12-27)24-39-30-18-15-26(16-19-30)17-20-32(37)38/h5-7,9-16,18-19,25H,3-4,8,17,20-24H2,1-2H3,(H,37,38). The van der Waals surface area contributed by atoms with Gasteiger partial charge in [0.2, 0.25) is 0 Å². The minimum Gasteiger partial charge on any atom is -0.489 e. The first-order valence-corrected chi connectivity index (χ1v) is 14.9. The van der Waals surface area contributed by atoms with Crippen LogP contribution in [0.15, 0.2) is 84.2 Å². The van der Waals surface area contributed by atoms with Gasteiger partial charge in [-0.2, -0.15) is 0 Å². The van der Waals surface area contributed by atoms with Crippen LogP contribution < -0.4 is 9.64 Å². The molecule has 1 N–H and O–H groups in total. The molecule has 3 aromatic carbocycles. The van der Waals surface area contributed by atoms with Gasteiger partial charge in [0.25, 0.3) is 0 Å². The van der Waals surface area contributed by atoms with Crippen molar-refractivity contribution in [3.8, 4) is 17.0 Å². The molecule has 1 heterocycles. The fourth-order valence-corrected chi connectivity index (χ4v) is 5.41. The van der Waals surface area contributed by atoms with Crippen LogP contribution in [0.2, 0.25) is 0 Å². The summed E-state index contributed by atoms with van der Waals surface area (Å²) in [6.07, 6.45) is 1.75. The van der Waals surface area contributed by atoms with Gasteiger partial charge in [0, 0.05) is 30.5 Å². The summed E-state index contributed by atoms with van der Waals surface area (Å²) in [5.41, 5.74) is 5.51. The molecule has 0 saturated heterocycles. The average Bonchev–Trinajstić information content (AvgIpc) is 3.49. The van der Waals surface area contributed by atoms with Crippen LogP contribution in [0.25, 0.3) is 11.3 Å². The number of nitrogens with zero attached hydrogens (tertiary/aromatic N) is 3. The van der Waals surface area contributed by atoms with E-state index in [2.05, 4.69) is 77.6 Å². The number of carboxylic acids is 1. The molecule has 0 saturated carbocycles. The van der Waals surface area contributed by atoms with Crippen LogP contribution in [0.4, 0.5) is 5.13 Å². The van der Waals surface area contributed by atoms with Gasteiger partial charge in [0.1, 0.15) is 12.4 Å². The molecule has 40 heavy (non-hydrogen) atoms. The highest BCUT2D eigenvalue weighted by Crippen LogP contribution is 2.28. The quantitative estimate of drug-likeness (QED) is 0.158. The highest BCUT2D eigenvalue weighted by atomic mass is 32.1. The Morgan fingerprint density at radius 2 is 1.55 bits per heavy atom. The van der Waals surface area contributed by atoms with E-state index >= 15 is 0 Å². The molecule has 0 amide bonds. The molecule has 0 aliphatic carbocycles. The predicted octanol–water partition coefficient (Wildman–Crippen LogP) is 7.14. The van der Waals surface area contributed by atoms with Crippen molar-refractivity contribution in [3.63, 3.8) is 0 Å². The second-order valence-corrected chi connectivity index (χ2v) is 10.7. The lowest BCUT2D eigenvalue weighted by atomic mass is 10.1. The first-order valence-electron chi connectivity index (χ1n) is 14.0. The fourth-order valence-electron chi connectivity index (χ4n) is 4.55. The van der Waals surface area contributed by atoms with Crippen molar-refractivity contribution in [3.05, 3.63) is 101 Å². The van der Waals surface area contributed by atoms with E-state index in [1.54, 1.807) is 11.3 Å². The van der Waals surface area contributed by atoms with Crippen LogP contribution in [0, 0.1) is 0 Å². The largest absolute Gasteiger partial charge is 0.489 e. The van der Waals surface area contributed by atoms with Gasteiger partial charge in [-0.3, -0.25) is 4.79 Å². The summed E-state index contributed by atoms with van der Waals surface area (Å²) in [6, 6.07) is 26.6. The van der Waals surface area contributed by atoms with Gasteiger partial charge >= 0.3 is 5.97 Å². The Labute approximate surface area is 241 Å². The van der Waals surface area contributed by atoms with Crippen LogP contribution in [-0.4, -0.2) is 47.1 Å². The molecule has 7 heteroatoms. The van der Waals surface area contributed by atoms with Gasteiger partial charge in [-0.05, 0) is 61.3 Å². The number of carboxylic acid groups (broad SMARTS) is 1. The second-order valence-electron chi connectivity index (χ2n) is 9.83. The summed E-state index contributed by atoms with van der Waals surface area (Å²) in [6.45, 7) is 9.90. The van der Waals surface area contributed by atoms with Crippen LogP contribution in [-0.2, 0) is 24.4 Å². The van der Waals surface area contributed by atoms with Crippen LogP contribution in [0.5, 0.6) is 5.75 Å². The Kier molecular flexibility index (Phi) is 11.1. The Hall–Kier alpha value is -3.68. The SMILES string of the molecule is CCN(CC)CCCN(Cc1ccc(COc2ccc(CCC(=O)O)cc2)cc1)c1nc(-c2ccccc2)cs1. The molecule has 0 atom stereocenters. The molecule has 0 unspecified atom stereocenters. The lowest BCUT2D eigenvalue weighted by molar-refractivity contribution is -0.136. The molecule has 1 aromatic heterocycles. The van der Waals surface area contributed by atoms with Gasteiger partial charge in [-0.25, -0.2) is 4.98 Å². The zero-order valence-corrected chi connectivity index (χ0v) is 24.3. The maximum atomic E-state index is 10.8. The molecule has 6 nitrogen and oxygen atoms in total. The van der Waals surface area contributed by atoms with E-state index in [0.717, 1.165) is 72.4 Å². The van der Waals surface area contributed by atoms with Gasteiger partial charge in [-0.15, -0.1) is 11.3 Å². The Morgan fingerprint density at radius 3 is 2.23 bits per heavy atom. The van der Waals surface area contributed by atoms with Crippen molar-refractivity contribution >= 4 is 22.4 Å². The van der Waals surface area contributed by atoms with Gasteiger partial charge in [0.15, 0.2) is 5.13 Å². The zero-order chi connectivity index (χ0) is 28.2. The summed E-state index contributed by atoms with van der Waals surface area (Å²) in [7, 11) is 0. The van der Waals surface area contributed by atoms with Crippen molar-refractivity contribution in [2.75, 3.05) is 31.1 Å². The molecule has 4 rings (SSSR count). The van der Waals surface area contributed by atoms with E-state index in [1.165, 1.54) is 5.56 Å². The highest BCUT2D eigenvalue weighted by Gasteiger charge is 2.14. The summed E-state index contributed by atoms with van der Waals surface area (Å²) in [5.74, 6) is -0.00405. The van der Waals surface area contributed by atoms with Crippen LogP contribution in [0.1, 0.15) is 43.4 Å². The number of aliphatic carboxylic acids is 1. The van der Waals surface area contributed by atoms with E-state index in [1.807, 2.05) is 30.3 Å². The topological polar surface area (TPSA) is 65.9 Å². The number of benzene rings is 3. The van der Waals surface area contributed by atoms with Crippen molar-refractivity contribution in [1.82, 2.24) is 9.88 Å². The lowest BCUT2D eigenvalue weighted by Gasteiger charge is -2.24. The van der Waals surface area contributed by atoms with Gasteiger partial charge in [-0.1, -0.05) is 80.6 Å². The van der Waals surface area contributed by atoms with Crippen molar-refractivity contribution < 1.29 is 14.6 Å². The smallest absolute Gasteiger partial charge is 0.303 e. The van der Waals surface area contributed by atoms with E-state index < -0.39 is 5.97 Å². The van der Waals surface area contributed by atoms with Crippen molar-refractivity contribution in [2.45, 2.75) is 46.3 Å². The number of anilines is 1. The molecule has 0 aliphatic heterocycles. The molecule has 0 bridgehead atoms. The first kappa shape index (κ1) is 29.3. The summed E-state index contributed by atoms with van der Waals surface area (Å²) >= 11 is 1.71. The van der Waals surface area contributed by atoms with Crippen molar-refractivity contribution in [1.29, 1.82) is 0 Å². The predicted molar refractivity (Wildman–Crippen MR) is 164 cm³/mol. The number of hydrogen-bond donors (Lipinski definition) is 1. The second kappa shape index (κ2) is 15.2. The molecule has 0 spiro atoms. The minimum absolute atomic E-state index is 0.136. The monoisotopic (exact) mass is 557 g/mol.